The fraction of sp³-hybridized carbons (Fsp3) is 0.296. The molecule has 0 bridgehead atoms. The van der Waals surface area contributed by atoms with Crippen LogP contribution in [0.4, 0.5) is 5.69 Å². The summed E-state index contributed by atoms with van der Waals surface area (Å²) in [5.74, 6) is 0.410. The predicted octanol–water partition coefficient (Wildman–Crippen LogP) is 4.94. The molecule has 2 aromatic carbocycles. The largest absolute Gasteiger partial charge is 0.494 e. The van der Waals surface area contributed by atoms with Gasteiger partial charge in [-0.25, -0.2) is 0 Å². The van der Waals surface area contributed by atoms with E-state index in [0.29, 0.717) is 35.4 Å². The van der Waals surface area contributed by atoms with Crippen LogP contribution in [-0.4, -0.2) is 30.2 Å². The van der Waals surface area contributed by atoms with E-state index in [9.17, 15) is 14.9 Å². The number of hydrogen-bond acceptors (Lipinski definition) is 5. The lowest BCUT2D eigenvalue weighted by Gasteiger charge is -2.19. The van der Waals surface area contributed by atoms with Crippen molar-refractivity contribution in [3.8, 4) is 11.8 Å². The molecule has 0 aliphatic carbocycles. The van der Waals surface area contributed by atoms with E-state index in [1.54, 1.807) is 30.3 Å². The smallest absolute Gasteiger partial charge is 0.264 e. The number of nitrogens with one attached hydrogen (secondary N) is 1. The average molecular weight is 476 g/mol. The second kappa shape index (κ2) is 11.6. The molecular formula is C27H29N3O3S. The summed E-state index contributed by atoms with van der Waals surface area (Å²) in [7, 11) is 0. The van der Waals surface area contributed by atoms with E-state index in [2.05, 4.69) is 37.9 Å². The molecule has 0 saturated carbocycles. The first-order chi connectivity index (χ1) is 16.4. The number of amides is 2. The second-order valence-corrected chi connectivity index (χ2v) is 9.29. The van der Waals surface area contributed by atoms with Gasteiger partial charge in [-0.3, -0.25) is 14.5 Å². The highest BCUT2D eigenvalue weighted by atomic mass is 32.2. The number of hydrogen-bond donors (Lipinski definition) is 1. The Morgan fingerprint density at radius 1 is 1.24 bits per heavy atom. The van der Waals surface area contributed by atoms with Crippen molar-refractivity contribution >= 4 is 29.3 Å². The molecule has 3 rings (SSSR count). The van der Waals surface area contributed by atoms with Crippen LogP contribution in [0, 0.1) is 11.3 Å². The molecule has 1 atom stereocenters. The van der Waals surface area contributed by atoms with Gasteiger partial charge in [-0.2, -0.15) is 5.26 Å². The molecule has 1 aliphatic heterocycles. The Labute approximate surface area is 205 Å². The summed E-state index contributed by atoms with van der Waals surface area (Å²) in [6.07, 6.45) is 2.03. The Morgan fingerprint density at radius 3 is 2.47 bits per heavy atom. The van der Waals surface area contributed by atoms with Gasteiger partial charge in [-0.05, 0) is 54.7 Å². The van der Waals surface area contributed by atoms with Crippen LogP contribution >= 0.6 is 11.8 Å². The van der Waals surface area contributed by atoms with Crippen LogP contribution in [0.3, 0.4) is 0 Å². The number of ether oxygens (including phenoxy) is 1. The lowest BCUT2D eigenvalue weighted by Crippen LogP contribution is -2.32. The van der Waals surface area contributed by atoms with Crippen LogP contribution in [0.25, 0.3) is 0 Å². The van der Waals surface area contributed by atoms with Crippen molar-refractivity contribution in [3.05, 3.63) is 82.9 Å². The Bertz CT molecular complexity index is 1120. The first kappa shape index (κ1) is 25.1. The zero-order chi connectivity index (χ0) is 24.7. The highest BCUT2D eigenvalue weighted by Gasteiger charge is 2.40. The predicted molar refractivity (Wildman–Crippen MR) is 137 cm³/mol. The van der Waals surface area contributed by atoms with Gasteiger partial charge in [0.1, 0.15) is 22.4 Å². The average Bonchev–Trinajstić information content (AvgIpc) is 3.14. The summed E-state index contributed by atoms with van der Waals surface area (Å²) in [4.78, 5) is 27.7. The number of anilines is 1. The standard InChI is InChI=1S/C27H29N3O3S/c1-5-15-29-25(31)23(17-28)27-30(21-11-13-22(14-12-21)33-6-2)26(32)24(34-27)16-19-7-9-20(10-8-19)18(3)4/h5,7-14,18,24H,1,6,15-16H2,2-4H3,(H,29,31)/b27-23-. The molecule has 2 aromatic rings. The minimum atomic E-state index is -0.532. The molecule has 176 valence electrons. The van der Waals surface area contributed by atoms with Crippen LogP contribution in [0.15, 0.2) is 71.8 Å². The van der Waals surface area contributed by atoms with Gasteiger partial charge in [0.15, 0.2) is 0 Å². The molecular weight excluding hydrogens is 446 g/mol. The number of rotatable bonds is 9. The molecule has 1 aliphatic rings. The molecule has 0 aromatic heterocycles. The van der Waals surface area contributed by atoms with Gasteiger partial charge in [0.05, 0.1) is 11.9 Å². The number of thioether (sulfide) groups is 1. The summed E-state index contributed by atoms with van der Waals surface area (Å²) in [6.45, 7) is 10.5. The van der Waals surface area contributed by atoms with Gasteiger partial charge in [-0.1, -0.05) is 56.0 Å². The summed E-state index contributed by atoms with van der Waals surface area (Å²) in [5.41, 5.74) is 2.75. The van der Waals surface area contributed by atoms with Gasteiger partial charge in [-0.15, -0.1) is 6.58 Å². The minimum Gasteiger partial charge on any atom is -0.494 e. The molecule has 1 saturated heterocycles. The van der Waals surface area contributed by atoms with Crippen LogP contribution in [0.1, 0.15) is 37.8 Å². The van der Waals surface area contributed by atoms with Crippen molar-refractivity contribution in [2.24, 2.45) is 0 Å². The summed E-state index contributed by atoms with van der Waals surface area (Å²) >= 11 is 1.25. The Kier molecular flexibility index (Phi) is 8.55. The molecule has 1 heterocycles. The summed E-state index contributed by atoms with van der Waals surface area (Å²) in [5, 5.41) is 12.3. The van der Waals surface area contributed by atoms with Gasteiger partial charge < -0.3 is 10.1 Å². The minimum absolute atomic E-state index is 0.0910. The van der Waals surface area contributed by atoms with Gasteiger partial charge >= 0.3 is 0 Å². The van der Waals surface area contributed by atoms with Gasteiger partial charge in [0.25, 0.3) is 5.91 Å². The first-order valence-electron chi connectivity index (χ1n) is 11.2. The van der Waals surface area contributed by atoms with E-state index in [1.807, 2.05) is 25.1 Å². The molecule has 34 heavy (non-hydrogen) atoms. The fourth-order valence-corrected chi connectivity index (χ4v) is 4.89. The van der Waals surface area contributed by atoms with Gasteiger partial charge in [0.2, 0.25) is 5.91 Å². The quantitative estimate of drug-likeness (QED) is 0.316. The number of nitriles is 1. The number of benzene rings is 2. The van der Waals surface area contributed by atoms with E-state index < -0.39 is 11.2 Å². The Balaban J connectivity index is 1.97. The van der Waals surface area contributed by atoms with E-state index >= 15 is 0 Å². The molecule has 2 amide bonds. The molecule has 1 fully saturated rings. The molecule has 0 spiro atoms. The highest BCUT2D eigenvalue weighted by Crippen LogP contribution is 2.42. The van der Waals surface area contributed by atoms with Crippen molar-refractivity contribution in [1.82, 2.24) is 5.32 Å². The summed E-state index contributed by atoms with van der Waals surface area (Å²) in [6, 6.07) is 17.3. The number of nitrogens with zero attached hydrogens (tertiary/aromatic N) is 2. The Hall–Kier alpha value is -3.50. The molecule has 1 unspecified atom stereocenters. The monoisotopic (exact) mass is 475 g/mol. The highest BCUT2D eigenvalue weighted by molar-refractivity contribution is 8.05. The third-order valence-corrected chi connectivity index (χ3v) is 6.65. The Morgan fingerprint density at radius 2 is 1.91 bits per heavy atom. The van der Waals surface area contributed by atoms with E-state index in [1.165, 1.54) is 22.2 Å². The molecule has 7 heteroatoms. The van der Waals surface area contributed by atoms with Crippen molar-refractivity contribution < 1.29 is 14.3 Å². The molecule has 0 radical (unpaired) electrons. The van der Waals surface area contributed by atoms with Gasteiger partial charge in [0, 0.05) is 12.2 Å². The maximum atomic E-state index is 13.5. The normalized spacial score (nSPS) is 16.9. The molecule has 6 nitrogen and oxygen atoms in total. The van der Waals surface area contributed by atoms with E-state index in [0.717, 1.165) is 5.56 Å². The fourth-order valence-electron chi connectivity index (χ4n) is 3.59. The van der Waals surface area contributed by atoms with E-state index in [-0.39, 0.29) is 18.0 Å². The van der Waals surface area contributed by atoms with Crippen molar-refractivity contribution in [3.63, 3.8) is 0 Å². The molecule has 1 N–H and O–H groups in total. The van der Waals surface area contributed by atoms with Crippen molar-refractivity contribution in [1.29, 1.82) is 5.26 Å². The first-order valence-corrected chi connectivity index (χ1v) is 12.1. The van der Waals surface area contributed by atoms with Crippen LogP contribution < -0.4 is 15.0 Å². The van der Waals surface area contributed by atoms with Crippen LogP contribution in [0.5, 0.6) is 5.75 Å². The zero-order valence-corrected chi connectivity index (χ0v) is 20.5. The zero-order valence-electron chi connectivity index (χ0n) is 19.7. The SMILES string of the molecule is C=CCNC(=O)/C(C#N)=C1\SC(Cc2ccc(C(C)C)cc2)C(=O)N1c1ccc(OCC)cc1. The number of carbonyl (C=O) groups is 2. The van der Waals surface area contributed by atoms with E-state index in [4.69, 9.17) is 4.74 Å². The number of carbonyl (C=O) groups excluding carboxylic acids is 2. The van der Waals surface area contributed by atoms with Crippen molar-refractivity contribution in [2.75, 3.05) is 18.1 Å². The lowest BCUT2D eigenvalue weighted by atomic mass is 10.00. The van der Waals surface area contributed by atoms with Crippen molar-refractivity contribution in [2.45, 2.75) is 38.4 Å². The topological polar surface area (TPSA) is 82.4 Å². The van der Waals surface area contributed by atoms with Crippen LogP contribution in [-0.2, 0) is 16.0 Å². The summed E-state index contributed by atoms with van der Waals surface area (Å²) < 4.78 is 5.51. The van der Waals surface area contributed by atoms with Crippen LogP contribution in [0.2, 0.25) is 0 Å². The lowest BCUT2D eigenvalue weighted by molar-refractivity contribution is -0.117. The third-order valence-electron chi connectivity index (χ3n) is 5.39. The third kappa shape index (κ3) is 5.70. The second-order valence-electron chi connectivity index (χ2n) is 8.10. The maximum Gasteiger partial charge on any atom is 0.264 e. The maximum absolute atomic E-state index is 13.5.